The summed E-state index contributed by atoms with van der Waals surface area (Å²) in [4.78, 5) is 35.0. The lowest BCUT2D eigenvalue weighted by molar-refractivity contribution is -0.161. The van der Waals surface area contributed by atoms with Crippen LogP contribution in [0.5, 0.6) is 0 Å². The summed E-state index contributed by atoms with van der Waals surface area (Å²) >= 11 is 0. The molecule has 0 aliphatic heterocycles. The van der Waals surface area contributed by atoms with Gasteiger partial charge in [0.15, 0.2) is 6.10 Å². The number of allylic oxidation sites excluding steroid dienone is 4. The van der Waals surface area contributed by atoms with Gasteiger partial charge >= 0.3 is 19.8 Å². The SMILES string of the molecule is CCCCCCCC/C=C/CCCCCCCCCC(=O)O[C@@H](COC(=O)CCC/C=C/CCCCCCCCCCCCCCCCCCCC)COP(=O)(O)OCCN. The molecule has 0 rings (SSSR count). The first-order valence-electron chi connectivity index (χ1n) is 25.8. The zero-order chi connectivity index (χ0) is 44.6. The number of hydrogen-bond acceptors (Lipinski definition) is 8. The molecule has 0 saturated heterocycles. The second kappa shape index (κ2) is 48.0. The van der Waals surface area contributed by atoms with Crippen LogP contribution in [0.25, 0.3) is 0 Å². The number of unbranched alkanes of at least 4 members (excludes halogenated alkanes) is 32. The number of carbonyl (C=O) groups is 2. The topological polar surface area (TPSA) is 134 Å². The molecular formula is C51H98NO8P. The maximum Gasteiger partial charge on any atom is 0.472 e. The summed E-state index contributed by atoms with van der Waals surface area (Å²) in [6.45, 7) is 3.74. The van der Waals surface area contributed by atoms with Crippen LogP contribution in [0.15, 0.2) is 24.3 Å². The lowest BCUT2D eigenvalue weighted by Crippen LogP contribution is -2.29. The Hall–Kier alpha value is -1.51. The predicted octanol–water partition coefficient (Wildman–Crippen LogP) is 15.5. The van der Waals surface area contributed by atoms with E-state index < -0.39 is 32.5 Å². The van der Waals surface area contributed by atoms with E-state index in [-0.39, 0.29) is 32.6 Å². The molecule has 0 aromatic rings. The fraction of sp³-hybridized carbons (Fsp3) is 0.882. The first kappa shape index (κ1) is 59.5. The molecule has 0 amide bonds. The number of phosphoric ester groups is 1. The monoisotopic (exact) mass is 884 g/mol. The van der Waals surface area contributed by atoms with Crippen LogP contribution in [0.4, 0.5) is 0 Å². The molecule has 0 radical (unpaired) electrons. The quantitative estimate of drug-likeness (QED) is 0.0265. The molecule has 0 spiro atoms. The summed E-state index contributed by atoms with van der Waals surface area (Å²) < 4.78 is 32.9. The van der Waals surface area contributed by atoms with E-state index in [1.807, 2.05) is 0 Å². The maximum absolute atomic E-state index is 12.6. The second-order valence-corrected chi connectivity index (χ2v) is 18.8. The Balaban J connectivity index is 4.03. The van der Waals surface area contributed by atoms with Gasteiger partial charge in [0.2, 0.25) is 0 Å². The van der Waals surface area contributed by atoms with Gasteiger partial charge in [-0.25, -0.2) is 4.57 Å². The van der Waals surface area contributed by atoms with Crippen molar-refractivity contribution >= 4 is 19.8 Å². The first-order chi connectivity index (χ1) is 29.8. The third-order valence-electron chi connectivity index (χ3n) is 11.3. The third-order valence-corrected chi connectivity index (χ3v) is 12.3. The molecule has 0 fully saturated rings. The Morgan fingerprint density at radius 1 is 0.475 bits per heavy atom. The van der Waals surface area contributed by atoms with Gasteiger partial charge in [0.1, 0.15) is 6.61 Å². The second-order valence-electron chi connectivity index (χ2n) is 17.4. The van der Waals surface area contributed by atoms with Gasteiger partial charge in [-0.1, -0.05) is 212 Å². The summed E-state index contributed by atoms with van der Waals surface area (Å²) in [5, 5.41) is 0. The molecule has 0 heterocycles. The van der Waals surface area contributed by atoms with Gasteiger partial charge in [-0.05, 0) is 57.8 Å². The molecule has 2 atom stereocenters. The van der Waals surface area contributed by atoms with Gasteiger partial charge in [-0.15, -0.1) is 0 Å². The lowest BCUT2D eigenvalue weighted by Gasteiger charge is -2.19. The highest BCUT2D eigenvalue weighted by atomic mass is 31.2. The van der Waals surface area contributed by atoms with Crippen molar-refractivity contribution in [2.75, 3.05) is 26.4 Å². The van der Waals surface area contributed by atoms with Crippen molar-refractivity contribution in [2.45, 2.75) is 264 Å². The Morgan fingerprint density at radius 2 is 0.820 bits per heavy atom. The fourth-order valence-corrected chi connectivity index (χ4v) is 8.22. The van der Waals surface area contributed by atoms with Gasteiger partial charge in [0.05, 0.1) is 13.2 Å². The smallest absolute Gasteiger partial charge is 0.462 e. The van der Waals surface area contributed by atoms with Gasteiger partial charge in [-0.3, -0.25) is 18.6 Å². The minimum Gasteiger partial charge on any atom is -0.462 e. The Bertz CT molecular complexity index is 1050. The van der Waals surface area contributed by atoms with Crippen LogP contribution in [0, 0.1) is 0 Å². The van der Waals surface area contributed by atoms with Crippen LogP contribution < -0.4 is 5.73 Å². The summed E-state index contributed by atoms with van der Waals surface area (Å²) in [6.07, 6.45) is 53.7. The van der Waals surface area contributed by atoms with Crippen LogP contribution >= 0.6 is 7.82 Å². The highest BCUT2D eigenvalue weighted by Crippen LogP contribution is 2.43. The largest absolute Gasteiger partial charge is 0.472 e. The zero-order valence-corrected chi connectivity index (χ0v) is 40.8. The molecule has 1 unspecified atom stereocenters. The average molecular weight is 884 g/mol. The number of esters is 2. The summed E-state index contributed by atoms with van der Waals surface area (Å²) in [7, 11) is -4.39. The molecule has 9 nitrogen and oxygen atoms in total. The molecular weight excluding hydrogens is 786 g/mol. The van der Waals surface area contributed by atoms with Crippen molar-refractivity contribution < 1.29 is 37.6 Å². The van der Waals surface area contributed by atoms with Gasteiger partial charge in [0, 0.05) is 19.4 Å². The van der Waals surface area contributed by atoms with Crippen molar-refractivity contribution in [1.82, 2.24) is 0 Å². The molecule has 360 valence electrons. The van der Waals surface area contributed by atoms with E-state index in [0.717, 1.165) is 38.5 Å². The van der Waals surface area contributed by atoms with E-state index in [1.165, 1.54) is 180 Å². The minimum absolute atomic E-state index is 0.0510. The Morgan fingerprint density at radius 3 is 1.21 bits per heavy atom. The van der Waals surface area contributed by atoms with Crippen LogP contribution in [-0.2, 0) is 32.7 Å². The van der Waals surface area contributed by atoms with Crippen molar-refractivity contribution in [2.24, 2.45) is 5.73 Å². The van der Waals surface area contributed by atoms with Gasteiger partial charge < -0.3 is 20.1 Å². The Labute approximate surface area is 376 Å². The average Bonchev–Trinajstić information content (AvgIpc) is 3.25. The maximum atomic E-state index is 12.6. The Kier molecular flexibility index (Phi) is 46.8. The number of rotatable bonds is 49. The fourth-order valence-electron chi connectivity index (χ4n) is 7.46. The van der Waals surface area contributed by atoms with Crippen molar-refractivity contribution in [1.29, 1.82) is 0 Å². The number of carbonyl (C=O) groups excluding carboxylic acids is 2. The number of nitrogens with two attached hydrogens (primary N) is 1. The molecule has 0 saturated carbocycles. The van der Waals surface area contributed by atoms with Crippen molar-refractivity contribution in [3.05, 3.63) is 24.3 Å². The van der Waals surface area contributed by atoms with E-state index in [4.69, 9.17) is 24.3 Å². The van der Waals surface area contributed by atoms with Crippen LogP contribution in [0.3, 0.4) is 0 Å². The van der Waals surface area contributed by atoms with Crippen molar-refractivity contribution in [3.8, 4) is 0 Å². The van der Waals surface area contributed by atoms with E-state index >= 15 is 0 Å². The molecule has 0 aliphatic rings. The van der Waals surface area contributed by atoms with E-state index in [2.05, 4.69) is 38.2 Å². The molecule has 3 N–H and O–H groups in total. The number of phosphoric acid groups is 1. The lowest BCUT2D eigenvalue weighted by atomic mass is 10.0. The zero-order valence-electron chi connectivity index (χ0n) is 39.9. The molecule has 0 aromatic carbocycles. The summed E-state index contributed by atoms with van der Waals surface area (Å²) in [6, 6.07) is 0. The van der Waals surface area contributed by atoms with Crippen LogP contribution in [0.2, 0.25) is 0 Å². The highest BCUT2D eigenvalue weighted by molar-refractivity contribution is 7.47. The molecule has 0 bridgehead atoms. The van der Waals surface area contributed by atoms with Crippen molar-refractivity contribution in [3.63, 3.8) is 0 Å². The number of ether oxygens (including phenoxy) is 2. The van der Waals surface area contributed by atoms with Crippen LogP contribution in [0.1, 0.15) is 258 Å². The van der Waals surface area contributed by atoms with E-state index in [9.17, 15) is 19.0 Å². The predicted molar refractivity (Wildman–Crippen MR) is 257 cm³/mol. The summed E-state index contributed by atoms with van der Waals surface area (Å²) in [5.74, 6) is -0.860. The van der Waals surface area contributed by atoms with E-state index in [0.29, 0.717) is 12.8 Å². The van der Waals surface area contributed by atoms with Gasteiger partial charge in [-0.2, -0.15) is 0 Å². The number of hydrogen-bond donors (Lipinski definition) is 2. The molecule has 0 aliphatic carbocycles. The minimum atomic E-state index is -4.39. The highest BCUT2D eigenvalue weighted by Gasteiger charge is 2.26. The summed E-state index contributed by atoms with van der Waals surface area (Å²) in [5.41, 5.74) is 5.36. The molecule has 61 heavy (non-hydrogen) atoms. The standard InChI is InChI=1S/C51H98NO8P/c1-3-5-7-9-11-13-15-17-19-21-22-23-24-25-26-28-29-31-33-35-37-39-41-43-50(53)57-47-49(48-59-61(55,56)58-46-45-52)60-51(54)44-42-40-38-36-34-32-30-27-20-18-16-14-12-10-8-6-4-2/h18,20,35,37,49H,3-17,19,21-34,36,38-48,52H2,1-2H3,(H,55,56)/b20-18+,37-35+/t49-/m0/s1. The van der Waals surface area contributed by atoms with E-state index in [1.54, 1.807) is 0 Å². The van der Waals surface area contributed by atoms with Gasteiger partial charge in [0.25, 0.3) is 0 Å². The normalized spacial score (nSPS) is 13.3. The third kappa shape index (κ3) is 47.8. The first-order valence-corrected chi connectivity index (χ1v) is 27.3. The molecule has 0 aromatic heterocycles. The molecule has 10 heteroatoms. The van der Waals surface area contributed by atoms with Crippen LogP contribution in [-0.4, -0.2) is 49.3 Å².